The number of rotatable bonds is 12. The first kappa shape index (κ1) is 20.5. The lowest BCUT2D eigenvalue weighted by atomic mass is 10.2. The molecular formula is C21H25ClN4O2. The van der Waals surface area contributed by atoms with Gasteiger partial charge in [-0.1, -0.05) is 11.6 Å². The predicted molar refractivity (Wildman–Crippen MR) is 113 cm³/mol. The summed E-state index contributed by atoms with van der Waals surface area (Å²) in [6.07, 6.45) is 5.37. The zero-order chi connectivity index (χ0) is 19.4. The fourth-order valence-corrected chi connectivity index (χ4v) is 2.90. The summed E-state index contributed by atoms with van der Waals surface area (Å²) < 4.78 is 11.2. The largest absolute Gasteiger partial charge is 0.382 e. The lowest BCUT2D eigenvalue weighted by molar-refractivity contribution is 0.0527. The number of halogens is 1. The lowest BCUT2D eigenvalue weighted by Crippen LogP contribution is -2.20. The molecule has 7 heteroatoms. The number of nitrogens with one attached hydrogen (secondary N) is 2. The van der Waals surface area contributed by atoms with Crippen molar-refractivity contribution in [2.24, 2.45) is 0 Å². The van der Waals surface area contributed by atoms with Crippen LogP contribution in [0.3, 0.4) is 0 Å². The minimum Gasteiger partial charge on any atom is -0.382 e. The number of fused-ring (bicyclic) bond motifs is 1. The summed E-state index contributed by atoms with van der Waals surface area (Å²) in [4.78, 5) is 8.34. The standard InChI is InChI=1S/C21H25ClN4O2/c22-18-1-2-19-20(5-8-25-21(19)15-18)26-10-12-28-14-13-27-11-9-24-16-17-3-6-23-7-4-17/h1-8,15,24H,9-14,16H2,(H,25,26). The van der Waals surface area contributed by atoms with E-state index in [0.717, 1.165) is 36.2 Å². The summed E-state index contributed by atoms with van der Waals surface area (Å²) in [6, 6.07) is 11.7. The van der Waals surface area contributed by atoms with Crippen LogP contribution < -0.4 is 10.6 Å². The Morgan fingerprint density at radius 1 is 0.857 bits per heavy atom. The molecule has 3 aromatic rings. The van der Waals surface area contributed by atoms with Crippen LogP contribution in [-0.4, -0.2) is 49.5 Å². The third-order valence-corrected chi connectivity index (χ3v) is 4.38. The summed E-state index contributed by atoms with van der Waals surface area (Å²) >= 11 is 6.02. The van der Waals surface area contributed by atoms with Gasteiger partial charge in [0.15, 0.2) is 0 Å². The van der Waals surface area contributed by atoms with Gasteiger partial charge in [-0.05, 0) is 42.0 Å². The molecule has 0 spiro atoms. The SMILES string of the molecule is Clc1ccc2c(NCCOCCOCCNCc3ccncc3)ccnc2c1. The molecule has 0 unspecified atom stereocenters. The Morgan fingerprint density at radius 3 is 2.46 bits per heavy atom. The van der Waals surface area contributed by atoms with Crippen molar-refractivity contribution in [1.82, 2.24) is 15.3 Å². The van der Waals surface area contributed by atoms with E-state index in [2.05, 4.69) is 20.6 Å². The minimum absolute atomic E-state index is 0.582. The predicted octanol–water partition coefficient (Wildman–Crippen LogP) is 3.52. The van der Waals surface area contributed by atoms with Crippen molar-refractivity contribution in [2.75, 3.05) is 44.8 Å². The summed E-state index contributed by atoms with van der Waals surface area (Å²) in [7, 11) is 0. The van der Waals surface area contributed by atoms with Crippen molar-refractivity contribution in [3.8, 4) is 0 Å². The Morgan fingerprint density at radius 2 is 1.64 bits per heavy atom. The average Bonchev–Trinajstić information content (AvgIpc) is 2.72. The van der Waals surface area contributed by atoms with Crippen LogP contribution in [-0.2, 0) is 16.0 Å². The van der Waals surface area contributed by atoms with Crippen LogP contribution in [0.4, 0.5) is 5.69 Å². The van der Waals surface area contributed by atoms with Crippen LogP contribution in [0, 0.1) is 0 Å². The second-order valence-electron chi connectivity index (χ2n) is 6.20. The highest BCUT2D eigenvalue weighted by atomic mass is 35.5. The number of ether oxygens (including phenoxy) is 2. The van der Waals surface area contributed by atoms with Gasteiger partial charge in [0.25, 0.3) is 0 Å². The number of anilines is 1. The molecule has 0 aliphatic rings. The number of aromatic nitrogens is 2. The molecule has 2 heterocycles. The van der Waals surface area contributed by atoms with Gasteiger partial charge in [-0.3, -0.25) is 9.97 Å². The summed E-state index contributed by atoms with van der Waals surface area (Å²) in [6.45, 7) is 4.80. The summed E-state index contributed by atoms with van der Waals surface area (Å²) in [5.74, 6) is 0. The van der Waals surface area contributed by atoms with E-state index >= 15 is 0 Å². The zero-order valence-corrected chi connectivity index (χ0v) is 16.5. The Labute approximate surface area is 170 Å². The fraction of sp³-hybridized carbons (Fsp3) is 0.333. The van der Waals surface area contributed by atoms with Crippen LogP contribution in [0.15, 0.2) is 55.0 Å². The van der Waals surface area contributed by atoms with Crippen LogP contribution in [0.1, 0.15) is 5.56 Å². The molecule has 0 aliphatic carbocycles. The third-order valence-electron chi connectivity index (χ3n) is 4.14. The minimum atomic E-state index is 0.582. The van der Waals surface area contributed by atoms with Gasteiger partial charge in [-0.2, -0.15) is 0 Å². The van der Waals surface area contributed by atoms with Gasteiger partial charge in [-0.25, -0.2) is 0 Å². The van der Waals surface area contributed by atoms with Crippen LogP contribution >= 0.6 is 11.6 Å². The van der Waals surface area contributed by atoms with Gasteiger partial charge < -0.3 is 20.1 Å². The number of benzene rings is 1. The molecular weight excluding hydrogens is 376 g/mol. The molecule has 6 nitrogen and oxygen atoms in total. The molecule has 148 valence electrons. The Kier molecular flexibility index (Phi) is 8.46. The molecule has 2 N–H and O–H groups in total. The topological polar surface area (TPSA) is 68.3 Å². The van der Waals surface area contributed by atoms with Gasteiger partial charge in [0.2, 0.25) is 0 Å². The van der Waals surface area contributed by atoms with E-state index in [1.165, 1.54) is 5.56 Å². The van der Waals surface area contributed by atoms with Crippen molar-refractivity contribution >= 4 is 28.2 Å². The van der Waals surface area contributed by atoms with Crippen molar-refractivity contribution in [1.29, 1.82) is 0 Å². The second kappa shape index (κ2) is 11.6. The van der Waals surface area contributed by atoms with Crippen LogP contribution in [0.2, 0.25) is 5.02 Å². The quantitative estimate of drug-likeness (QED) is 0.453. The van der Waals surface area contributed by atoms with Gasteiger partial charge in [-0.15, -0.1) is 0 Å². The normalized spacial score (nSPS) is 11.0. The maximum atomic E-state index is 6.02. The highest BCUT2D eigenvalue weighted by Crippen LogP contribution is 2.24. The molecule has 0 atom stereocenters. The average molecular weight is 401 g/mol. The van der Waals surface area contributed by atoms with Crippen LogP contribution in [0.25, 0.3) is 10.9 Å². The Balaban J connectivity index is 1.21. The molecule has 1 aromatic carbocycles. The molecule has 28 heavy (non-hydrogen) atoms. The van der Waals surface area contributed by atoms with E-state index in [9.17, 15) is 0 Å². The first-order valence-electron chi connectivity index (χ1n) is 9.36. The molecule has 0 amide bonds. The molecule has 0 radical (unpaired) electrons. The van der Waals surface area contributed by atoms with Crippen molar-refractivity contribution < 1.29 is 9.47 Å². The number of hydrogen-bond acceptors (Lipinski definition) is 6. The summed E-state index contributed by atoms with van der Waals surface area (Å²) in [5, 5.41) is 8.45. The highest BCUT2D eigenvalue weighted by molar-refractivity contribution is 6.31. The highest BCUT2D eigenvalue weighted by Gasteiger charge is 2.02. The van der Waals surface area contributed by atoms with Crippen molar-refractivity contribution in [3.05, 3.63) is 65.6 Å². The Bertz CT molecular complexity index is 848. The number of pyridine rings is 2. The molecule has 0 saturated heterocycles. The maximum absolute atomic E-state index is 6.02. The smallest absolute Gasteiger partial charge is 0.0737 e. The number of hydrogen-bond donors (Lipinski definition) is 2. The van der Waals surface area contributed by atoms with Crippen molar-refractivity contribution in [3.63, 3.8) is 0 Å². The van der Waals surface area contributed by atoms with Gasteiger partial charge >= 0.3 is 0 Å². The second-order valence-corrected chi connectivity index (χ2v) is 6.64. The molecule has 2 aromatic heterocycles. The first-order chi connectivity index (χ1) is 13.8. The number of nitrogens with zero attached hydrogens (tertiary/aromatic N) is 2. The Hall–Kier alpha value is -2.25. The molecule has 0 bridgehead atoms. The van der Waals surface area contributed by atoms with Crippen molar-refractivity contribution in [2.45, 2.75) is 6.54 Å². The van der Waals surface area contributed by atoms with E-state index in [4.69, 9.17) is 21.1 Å². The van der Waals surface area contributed by atoms with Gasteiger partial charge in [0, 0.05) is 54.3 Å². The zero-order valence-electron chi connectivity index (χ0n) is 15.7. The van der Waals surface area contributed by atoms with Gasteiger partial charge in [0.1, 0.15) is 0 Å². The maximum Gasteiger partial charge on any atom is 0.0737 e. The molecule has 0 aliphatic heterocycles. The van der Waals surface area contributed by atoms with E-state index in [1.54, 1.807) is 18.6 Å². The molecule has 0 fully saturated rings. The monoisotopic (exact) mass is 400 g/mol. The third kappa shape index (κ3) is 6.73. The fourth-order valence-electron chi connectivity index (χ4n) is 2.73. The first-order valence-corrected chi connectivity index (χ1v) is 9.74. The van der Waals surface area contributed by atoms with Crippen LogP contribution in [0.5, 0.6) is 0 Å². The summed E-state index contributed by atoms with van der Waals surface area (Å²) in [5.41, 5.74) is 3.13. The lowest BCUT2D eigenvalue weighted by Gasteiger charge is -2.10. The molecule has 0 saturated carbocycles. The van der Waals surface area contributed by atoms with E-state index < -0.39 is 0 Å². The van der Waals surface area contributed by atoms with E-state index in [1.807, 2.05) is 36.4 Å². The van der Waals surface area contributed by atoms with E-state index in [-0.39, 0.29) is 0 Å². The molecule has 3 rings (SSSR count). The van der Waals surface area contributed by atoms with E-state index in [0.29, 0.717) is 31.5 Å². The van der Waals surface area contributed by atoms with Gasteiger partial charge in [0.05, 0.1) is 31.9 Å².